The molecule has 1 aromatic carbocycles. The molecule has 1 saturated heterocycles. The maximum atomic E-state index is 13.4. The Morgan fingerprint density at radius 3 is 2.30 bits per heavy atom. The van der Waals surface area contributed by atoms with Gasteiger partial charge in [-0.3, -0.25) is 29.9 Å². The number of urea groups is 1. The smallest absolute Gasteiger partial charge is 0.331 e. The van der Waals surface area contributed by atoms with Crippen LogP contribution < -0.4 is 10.1 Å². The first-order chi connectivity index (χ1) is 15.7. The lowest BCUT2D eigenvalue weighted by Crippen LogP contribution is -2.63. The summed E-state index contributed by atoms with van der Waals surface area (Å²) < 4.78 is 5.01. The van der Waals surface area contributed by atoms with Crippen LogP contribution in [0.4, 0.5) is 10.5 Å². The standard InChI is InChI=1S/C24H27N3O6/c1-13(24-10-15-5-16(11-24)7-17(6-15)12-24)26-22(29)18(21(28)25-23(26)30)8-14-3-4-20(33-2)19(9-14)27(31)32/h3-4,8-9,13,15-17H,5-7,10-12H2,1-2H3,(H,25,28,30)/b18-8+. The Morgan fingerprint density at radius 2 is 1.76 bits per heavy atom. The summed E-state index contributed by atoms with van der Waals surface area (Å²) in [6, 6.07) is 3.17. The zero-order valence-corrected chi connectivity index (χ0v) is 18.7. The summed E-state index contributed by atoms with van der Waals surface area (Å²) in [6.07, 6.45) is 8.05. The highest BCUT2D eigenvalue weighted by atomic mass is 16.6. The lowest BCUT2D eigenvalue weighted by Gasteiger charge is -2.60. The number of benzene rings is 1. The summed E-state index contributed by atoms with van der Waals surface area (Å²) in [4.78, 5) is 50.8. The van der Waals surface area contributed by atoms with Gasteiger partial charge in [0.15, 0.2) is 5.75 Å². The fourth-order valence-electron chi connectivity index (χ4n) is 7.09. The minimum atomic E-state index is -0.794. The number of carbonyl (C=O) groups excluding carboxylic acids is 3. The van der Waals surface area contributed by atoms with Crippen LogP contribution in [-0.2, 0) is 9.59 Å². The first kappa shape index (κ1) is 21.6. The summed E-state index contributed by atoms with van der Waals surface area (Å²) in [5, 5.41) is 13.7. The van der Waals surface area contributed by atoms with Gasteiger partial charge >= 0.3 is 11.7 Å². The number of ether oxygens (including phenoxy) is 1. The highest BCUT2D eigenvalue weighted by Crippen LogP contribution is 2.62. The number of nitrogens with one attached hydrogen (secondary N) is 1. The number of barbiturate groups is 1. The van der Waals surface area contributed by atoms with Crippen LogP contribution in [0.2, 0.25) is 0 Å². The van der Waals surface area contributed by atoms with Gasteiger partial charge in [-0.25, -0.2) is 4.79 Å². The van der Waals surface area contributed by atoms with Gasteiger partial charge in [-0.05, 0) is 86.3 Å². The third-order valence-electron chi connectivity index (χ3n) is 8.20. The summed E-state index contributed by atoms with van der Waals surface area (Å²) in [5.41, 5.74) is -0.277. The van der Waals surface area contributed by atoms with E-state index in [0.717, 1.165) is 19.3 Å². The summed E-state index contributed by atoms with van der Waals surface area (Å²) >= 11 is 0. The van der Waals surface area contributed by atoms with Crippen LogP contribution in [0, 0.1) is 33.3 Å². The Bertz CT molecular complexity index is 1060. The summed E-state index contributed by atoms with van der Waals surface area (Å²) in [6.45, 7) is 1.93. The van der Waals surface area contributed by atoms with E-state index in [9.17, 15) is 24.5 Å². The zero-order valence-electron chi connectivity index (χ0n) is 18.7. The number of hydrogen-bond donors (Lipinski definition) is 1. The minimum absolute atomic E-state index is 0.0776. The van der Waals surface area contributed by atoms with Gasteiger partial charge in [-0.15, -0.1) is 0 Å². The third kappa shape index (κ3) is 3.50. The quantitative estimate of drug-likeness (QED) is 0.314. The van der Waals surface area contributed by atoms with Gasteiger partial charge < -0.3 is 4.74 Å². The molecule has 5 aliphatic rings. The molecule has 33 heavy (non-hydrogen) atoms. The molecule has 4 amide bonds. The molecule has 174 valence electrons. The first-order valence-electron chi connectivity index (χ1n) is 11.4. The Hall–Kier alpha value is -3.23. The Balaban J connectivity index is 1.47. The Morgan fingerprint density at radius 1 is 1.15 bits per heavy atom. The molecule has 4 saturated carbocycles. The Labute approximate surface area is 191 Å². The van der Waals surface area contributed by atoms with Crippen molar-refractivity contribution in [2.45, 2.75) is 51.5 Å². The van der Waals surface area contributed by atoms with Gasteiger partial charge in [0, 0.05) is 12.1 Å². The molecule has 9 nitrogen and oxygen atoms in total. The number of carbonyl (C=O) groups is 3. The largest absolute Gasteiger partial charge is 0.490 e. The van der Waals surface area contributed by atoms with Crippen LogP contribution >= 0.6 is 0 Å². The van der Waals surface area contributed by atoms with Crippen LogP contribution in [0.25, 0.3) is 6.08 Å². The molecule has 6 rings (SSSR count). The number of nitro groups is 1. The maximum Gasteiger partial charge on any atom is 0.331 e. The molecule has 4 bridgehead atoms. The molecule has 0 spiro atoms. The number of imide groups is 2. The molecule has 5 fully saturated rings. The summed E-state index contributed by atoms with van der Waals surface area (Å²) in [7, 11) is 1.33. The van der Waals surface area contributed by atoms with Crippen molar-refractivity contribution in [3.8, 4) is 5.75 Å². The second-order valence-electron chi connectivity index (χ2n) is 10.1. The number of nitro benzene ring substituents is 1. The van der Waals surface area contributed by atoms with Gasteiger partial charge in [0.1, 0.15) is 5.57 Å². The van der Waals surface area contributed by atoms with Crippen molar-refractivity contribution in [2.24, 2.45) is 23.2 Å². The van der Waals surface area contributed by atoms with Crippen LogP contribution in [-0.4, -0.2) is 40.8 Å². The first-order valence-corrected chi connectivity index (χ1v) is 11.4. The fraction of sp³-hybridized carbons (Fsp3) is 0.542. The molecule has 4 aliphatic carbocycles. The lowest BCUT2D eigenvalue weighted by molar-refractivity contribution is -0.385. The molecule has 1 N–H and O–H groups in total. The third-order valence-corrected chi connectivity index (χ3v) is 8.20. The van der Waals surface area contributed by atoms with E-state index in [1.807, 2.05) is 6.92 Å². The molecule has 1 unspecified atom stereocenters. The van der Waals surface area contributed by atoms with Crippen molar-refractivity contribution in [1.82, 2.24) is 10.2 Å². The molecular formula is C24H27N3O6. The van der Waals surface area contributed by atoms with Crippen molar-refractivity contribution in [3.63, 3.8) is 0 Å². The highest BCUT2D eigenvalue weighted by Gasteiger charge is 2.56. The van der Waals surface area contributed by atoms with E-state index in [-0.39, 0.29) is 28.5 Å². The van der Waals surface area contributed by atoms with Crippen molar-refractivity contribution < 1.29 is 24.0 Å². The molecule has 1 aliphatic heterocycles. The summed E-state index contributed by atoms with van der Waals surface area (Å²) in [5.74, 6) is 0.589. The molecule has 1 atom stereocenters. The van der Waals surface area contributed by atoms with E-state index in [1.165, 1.54) is 55.5 Å². The fourth-order valence-corrected chi connectivity index (χ4v) is 7.09. The van der Waals surface area contributed by atoms with E-state index in [4.69, 9.17) is 4.74 Å². The number of hydrogen-bond acceptors (Lipinski definition) is 6. The maximum absolute atomic E-state index is 13.4. The van der Waals surface area contributed by atoms with Crippen LogP contribution in [0.5, 0.6) is 5.75 Å². The number of nitrogens with zero attached hydrogens (tertiary/aromatic N) is 2. The molecular weight excluding hydrogens is 426 g/mol. The van der Waals surface area contributed by atoms with E-state index in [1.54, 1.807) is 0 Å². The molecule has 1 aromatic rings. The topological polar surface area (TPSA) is 119 Å². The van der Waals surface area contributed by atoms with Crippen LogP contribution in [0.1, 0.15) is 51.0 Å². The van der Waals surface area contributed by atoms with E-state index >= 15 is 0 Å². The highest BCUT2D eigenvalue weighted by molar-refractivity contribution is 6.31. The Kier molecular flexibility index (Phi) is 5.02. The van der Waals surface area contributed by atoms with Gasteiger partial charge in [0.05, 0.1) is 12.0 Å². The average Bonchev–Trinajstić information content (AvgIpc) is 2.75. The molecule has 0 radical (unpaired) electrons. The predicted molar refractivity (Wildman–Crippen MR) is 118 cm³/mol. The number of amides is 4. The normalized spacial score (nSPS) is 32.8. The average molecular weight is 453 g/mol. The van der Waals surface area contributed by atoms with Crippen LogP contribution in [0.3, 0.4) is 0 Å². The minimum Gasteiger partial charge on any atom is -0.490 e. The SMILES string of the molecule is COc1ccc(/C=C2\C(=O)NC(=O)N(C(C)C34CC5CC(CC(C5)C3)C4)C2=O)cc1[N+](=O)[O-]. The second-order valence-corrected chi connectivity index (χ2v) is 10.1. The zero-order chi connectivity index (χ0) is 23.5. The van der Waals surface area contributed by atoms with E-state index in [2.05, 4.69) is 5.32 Å². The van der Waals surface area contributed by atoms with Gasteiger partial charge in [0.25, 0.3) is 11.8 Å². The molecule has 1 heterocycles. The van der Waals surface area contributed by atoms with Crippen molar-refractivity contribution >= 4 is 29.6 Å². The number of rotatable bonds is 5. The lowest BCUT2D eigenvalue weighted by atomic mass is 9.47. The van der Waals surface area contributed by atoms with Crippen molar-refractivity contribution in [1.29, 1.82) is 0 Å². The van der Waals surface area contributed by atoms with Crippen LogP contribution in [0.15, 0.2) is 23.8 Å². The second kappa shape index (κ2) is 7.67. The molecule has 0 aromatic heterocycles. The predicted octanol–water partition coefficient (Wildman–Crippen LogP) is 3.67. The van der Waals surface area contributed by atoms with Gasteiger partial charge in [-0.1, -0.05) is 6.07 Å². The monoisotopic (exact) mass is 453 g/mol. The van der Waals surface area contributed by atoms with Gasteiger partial charge in [-0.2, -0.15) is 0 Å². The van der Waals surface area contributed by atoms with Crippen molar-refractivity contribution in [3.05, 3.63) is 39.4 Å². The van der Waals surface area contributed by atoms with Crippen molar-refractivity contribution in [2.75, 3.05) is 7.11 Å². The van der Waals surface area contributed by atoms with E-state index in [0.29, 0.717) is 23.3 Å². The van der Waals surface area contributed by atoms with Gasteiger partial charge in [0.2, 0.25) is 0 Å². The molecule has 9 heteroatoms. The van der Waals surface area contributed by atoms with E-state index < -0.39 is 22.8 Å². The number of methoxy groups -OCH3 is 1.